The summed E-state index contributed by atoms with van der Waals surface area (Å²) in [7, 11) is 0. The number of ether oxygens (including phenoxy) is 1. The van der Waals surface area contributed by atoms with Gasteiger partial charge in [0, 0.05) is 18.3 Å². The topological polar surface area (TPSA) is 31.2 Å². The van der Waals surface area contributed by atoms with E-state index >= 15 is 0 Å². The molecule has 1 aromatic heterocycles. The molecule has 0 saturated heterocycles. The van der Waals surface area contributed by atoms with Crippen LogP contribution in [-0.2, 0) is 16.1 Å². The van der Waals surface area contributed by atoms with Gasteiger partial charge in [-0.25, -0.2) is 0 Å². The fraction of sp³-hybridized carbons (Fsp3) is 0.357. The summed E-state index contributed by atoms with van der Waals surface area (Å²) in [4.78, 5) is 11.3. The Hall–Kier alpha value is -1.77. The molecule has 0 fully saturated rings. The number of carbonyl (C=O) groups excluding carboxylic acids is 1. The van der Waals surface area contributed by atoms with Gasteiger partial charge in [0.05, 0.1) is 13.0 Å². The third-order valence-electron chi connectivity index (χ3n) is 2.79. The van der Waals surface area contributed by atoms with Gasteiger partial charge in [0.1, 0.15) is 0 Å². The second kappa shape index (κ2) is 5.04. The number of aromatic nitrogens is 1. The van der Waals surface area contributed by atoms with E-state index in [1.165, 1.54) is 16.5 Å². The quantitative estimate of drug-likeness (QED) is 0.758. The van der Waals surface area contributed by atoms with Crippen LogP contribution in [0.5, 0.6) is 0 Å². The number of esters is 1. The Morgan fingerprint density at radius 2 is 2.18 bits per heavy atom. The zero-order valence-corrected chi connectivity index (χ0v) is 10.3. The minimum atomic E-state index is -0.138. The normalized spacial score (nSPS) is 10.7. The Morgan fingerprint density at radius 1 is 1.35 bits per heavy atom. The third kappa shape index (κ3) is 2.67. The molecule has 2 aromatic rings. The maximum absolute atomic E-state index is 11.3. The summed E-state index contributed by atoms with van der Waals surface area (Å²) in [6.07, 6.45) is 2.44. The molecule has 3 heteroatoms. The van der Waals surface area contributed by atoms with E-state index in [4.69, 9.17) is 4.74 Å². The Kier molecular flexibility index (Phi) is 3.47. The second-order valence-electron chi connectivity index (χ2n) is 4.13. The first-order valence-electron chi connectivity index (χ1n) is 5.92. The number of fused-ring (bicyclic) bond motifs is 1. The zero-order chi connectivity index (χ0) is 12.3. The molecule has 0 saturated carbocycles. The van der Waals surface area contributed by atoms with Gasteiger partial charge >= 0.3 is 5.97 Å². The van der Waals surface area contributed by atoms with Gasteiger partial charge in [-0.15, -0.1) is 0 Å². The Bertz CT molecular complexity index is 528. The predicted molar refractivity (Wildman–Crippen MR) is 67.9 cm³/mol. The number of hydrogen-bond acceptors (Lipinski definition) is 2. The number of hydrogen-bond donors (Lipinski definition) is 0. The van der Waals surface area contributed by atoms with E-state index < -0.39 is 0 Å². The van der Waals surface area contributed by atoms with Gasteiger partial charge < -0.3 is 9.30 Å². The van der Waals surface area contributed by atoms with Crippen molar-refractivity contribution in [2.75, 3.05) is 6.61 Å². The molecule has 0 N–H and O–H groups in total. The first-order valence-corrected chi connectivity index (χ1v) is 5.92. The SMILES string of the molecule is CCOC(=O)CCn1ccc2cc(C)ccc21. The maximum atomic E-state index is 11.3. The Labute approximate surface area is 101 Å². The average Bonchev–Trinajstić information content (AvgIpc) is 2.69. The van der Waals surface area contributed by atoms with Crippen LogP contribution < -0.4 is 0 Å². The first kappa shape index (κ1) is 11.7. The lowest BCUT2D eigenvalue weighted by molar-refractivity contribution is -0.143. The molecule has 3 nitrogen and oxygen atoms in total. The Balaban J connectivity index is 2.11. The number of rotatable bonds is 4. The molecule has 1 heterocycles. The fourth-order valence-electron chi connectivity index (χ4n) is 1.96. The lowest BCUT2D eigenvalue weighted by Gasteiger charge is -2.05. The molecule has 0 aliphatic heterocycles. The van der Waals surface area contributed by atoms with E-state index in [1.54, 1.807) is 0 Å². The van der Waals surface area contributed by atoms with Crippen molar-refractivity contribution in [3.05, 3.63) is 36.0 Å². The molecule has 17 heavy (non-hydrogen) atoms. The van der Waals surface area contributed by atoms with Crippen LogP contribution in [0, 0.1) is 6.92 Å². The van der Waals surface area contributed by atoms with E-state index in [2.05, 4.69) is 35.8 Å². The molecule has 2 rings (SSSR count). The van der Waals surface area contributed by atoms with E-state index in [9.17, 15) is 4.79 Å². The summed E-state index contributed by atoms with van der Waals surface area (Å²) in [5.41, 5.74) is 2.42. The van der Waals surface area contributed by atoms with Gasteiger partial charge in [0.2, 0.25) is 0 Å². The van der Waals surface area contributed by atoms with Gasteiger partial charge in [-0.2, -0.15) is 0 Å². The van der Waals surface area contributed by atoms with Gasteiger partial charge in [-0.1, -0.05) is 11.6 Å². The predicted octanol–water partition coefficient (Wildman–Crippen LogP) is 2.90. The van der Waals surface area contributed by atoms with Gasteiger partial charge in [-0.3, -0.25) is 4.79 Å². The summed E-state index contributed by atoms with van der Waals surface area (Å²) in [5.74, 6) is -0.138. The van der Waals surface area contributed by atoms with Crippen molar-refractivity contribution < 1.29 is 9.53 Å². The molecule has 1 aromatic carbocycles. The van der Waals surface area contributed by atoms with Crippen molar-refractivity contribution in [1.29, 1.82) is 0 Å². The van der Waals surface area contributed by atoms with Crippen LogP contribution in [0.3, 0.4) is 0 Å². The lowest BCUT2D eigenvalue weighted by Crippen LogP contribution is -2.08. The molecule has 90 valence electrons. The highest BCUT2D eigenvalue weighted by atomic mass is 16.5. The molecule has 0 amide bonds. The largest absolute Gasteiger partial charge is 0.466 e. The zero-order valence-electron chi connectivity index (χ0n) is 10.3. The standard InChI is InChI=1S/C14H17NO2/c1-3-17-14(16)7-9-15-8-6-12-10-11(2)4-5-13(12)15/h4-6,8,10H,3,7,9H2,1-2H3. The van der Waals surface area contributed by atoms with Crippen LogP contribution in [0.25, 0.3) is 10.9 Å². The highest BCUT2D eigenvalue weighted by molar-refractivity contribution is 5.81. The van der Waals surface area contributed by atoms with E-state index in [0.717, 1.165) is 0 Å². The third-order valence-corrected chi connectivity index (χ3v) is 2.79. The van der Waals surface area contributed by atoms with Gasteiger partial charge in [0.15, 0.2) is 0 Å². The number of nitrogens with zero attached hydrogens (tertiary/aromatic N) is 1. The summed E-state index contributed by atoms with van der Waals surface area (Å²) in [6, 6.07) is 8.41. The highest BCUT2D eigenvalue weighted by Gasteiger charge is 2.05. The molecule has 0 aliphatic rings. The summed E-state index contributed by atoms with van der Waals surface area (Å²) in [6.45, 7) is 5.02. The van der Waals surface area contributed by atoms with Gasteiger partial charge in [0.25, 0.3) is 0 Å². The van der Waals surface area contributed by atoms with Crippen LogP contribution in [-0.4, -0.2) is 17.1 Å². The molecule has 0 bridgehead atoms. The van der Waals surface area contributed by atoms with E-state index in [-0.39, 0.29) is 5.97 Å². The summed E-state index contributed by atoms with van der Waals surface area (Å²) in [5, 5.41) is 1.22. The fourth-order valence-corrected chi connectivity index (χ4v) is 1.96. The molecule has 0 radical (unpaired) electrons. The van der Waals surface area contributed by atoms with Gasteiger partial charge in [-0.05, 0) is 37.4 Å². The van der Waals surface area contributed by atoms with Crippen LogP contribution in [0.4, 0.5) is 0 Å². The smallest absolute Gasteiger partial charge is 0.307 e. The molecular weight excluding hydrogens is 214 g/mol. The second-order valence-corrected chi connectivity index (χ2v) is 4.13. The molecule has 0 unspecified atom stereocenters. The average molecular weight is 231 g/mol. The minimum Gasteiger partial charge on any atom is -0.466 e. The van der Waals surface area contributed by atoms with E-state index in [0.29, 0.717) is 19.6 Å². The van der Waals surface area contributed by atoms with Crippen LogP contribution in [0.15, 0.2) is 30.5 Å². The van der Waals surface area contributed by atoms with E-state index in [1.807, 2.05) is 13.1 Å². The van der Waals surface area contributed by atoms with Crippen molar-refractivity contribution in [3.8, 4) is 0 Å². The number of benzene rings is 1. The summed E-state index contributed by atoms with van der Waals surface area (Å²) >= 11 is 0. The van der Waals surface area contributed by atoms with Crippen LogP contribution in [0.1, 0.15) is 18.9 Å². The monoisotopic (exact) mass is 231 g/mol. The molecular formula is C14H17NO2. The lowest BCUT2D eigenvalue weighted by atomic mass is 10.2. The minimum absolute atomic E-state index is 0.138. The van der Waals surface area contributed by atoms with Crippen molar-refractivity contribution in [3.63, 3.8) is 0 Å². The molecule has 0 aliphatic carbocycles. The van der Waals surface area contributed by atoms with Crippen molar-refractivity contribution >= 4 is 16.9 Å². The summed E-state index contributed by atoms with van der Waals surface area (Å²) < 4.78 is 7.01. The van der Waals surface area contributed by atoms with Crippen LogP contribution in [0.2, 0.25) is 0 Å². The maximum Gasteiger partial charge on any atom is 0.307 e. The number of aryl methyl sites for hydroxylation is 2. The van der Waals surface area contributed by atoms with Crippen LogP contribution >= 0.6 is 0 Å². The van der Waals surface area contributed by atoms with Crippen molar-refractivity contribution in [2.45, 2.75) is 26.8 Å². The molecule has 0 spiro atoms. The number of carbonyl (C=O) groups is 1. The first-order chi connectivity index (χ1) is 8.20. The van der Waals surface area contributed by atoms with Crippen molar-refractivity contribution in [1.82, 2.24) is 4.57 Å². The molecule has 0 atom stereocenters. The Morgan fingerprint density at radius 3 is 2.94 bits per heavy atom. The van der Waals surface area contributed by atoms with Crippen molar-refractivity contribution in [2.24, 2.45) is 0 Å². The highest BCUT2D eigenvalue weighted by Crippen LogP contribution is 2.17.